The van der Waals surface area contributed by atoms with Gasteiger partial charge in [-0.1, -0.05) is 23.7 Å². The monoisotopic (exact) mass is 390 g/mol. The first-order chi connectivity index (χ1) is 13.5. The minimum Gasteiger partial charge on any atom is -0.338 e. The van der Waals surface area contributed by atoms with Gasteiger partial charge in [0, 0.05) is 28.8 Å². The highest BCUT2D eigenvalue weighted by Crippen LogP contribution is 2.26. The number of aromatic nitrogens is 4. The van der Waals surface area contributed by atoms with E-state index in [1.807, 2.05) is 31.2 Å². The first-order valence-electron chi connectivity index (χ1n) is 8.86. The van der Waals surface area contributed by atoms with E-state index in [4.69, 9.17) is 11.6 Å². The molecule has 0 aliphatic rings. The molecule has 2 aromatic carbocycles. The highest BCUT2D eigenvalue weighted by atomic mass is 35.5. The zero-order chi connectivity index (χ0) is 19.7. The molecule has 0 unspecified atom stereocenters. The van der Waals surface area contributed by atoms with Gasteiger partial charge in [-0.05, 0) is 61.7 Å². The van der Waals surface area contributed by atoms with Crippen molar-refractivity contribution in [1.82, 2.24) is 19.9 Å². The predicted octanol–water partition coefficient (Wildman–Crippen LogP) is 5.49. The van der Waals surface area contributed by atoms with E-state index in [-0.39, 0.29) is 0 Å². The lowest BCUT2D eigenvalue weighted by Crippen LogP contribution is -2.04. The lowest BCUT2D eigenvalue weighted by atomic mass is 10.1. The summed E-state index contributed by atoms with van der Waals surface area (Å²) in [5.41, 5.74) is 6.28. The molecule has 4 rings (SSSR count). The Morgan fingerprint density at radius 3 is 2.21 bits per heavy atom. The van der Waals surface area contributed by atoms with Crippen LogP contribution < -0.4 is 10.6 Å². The highest BCUT2D eigenvalue weighted by molar-refractivity contribution is 6.31. The first-order valence-corrected chi connectivity index (χ1v) is 9.23. The summed E-state index contributed by atoms with van der Waals surface area (Å²) in [5.74, 6) is 1.00. The molecule has 0 spiro atoms. The fraction of sp³-hybridized carbons (Fsp3) is 0.143. The van der Waals surface area contributed by atoms with E-state index in [9.17, 15) is 0 Å². The number of fused-ring (bicyclic) bond motifs is 1. The topological polar surface area (TPSA) is 75.6 Å². The van der Waals surface area contributed by atoms with Crippen LogP contribution in [0.3, 0.4) is 0 Å². The molecule has 2 aromatic heterocycles. The number of benzene rings is 2. The van der Waals surface area contributed by atoms with E-state index in [2.05, 4.69) is 56.5 Å². The van der Waals surface area contributed by atoms with Crippen LogP contribution in [0, 0.1) is 20.8 Å². The number of hydrogen-bond donors (Lipinski definition) is 2. The van der Waals surface area contributed by atoms with Crippen LogP contribution in [-0.4, -0.2) is 19.9 Å². The van der Waals surface area contributed by atoms with E-state index < -0.39 is 0 Å². The summed E-state index contributed by atoms with van der Waals surface area (Å²) in [6.45, 7) is 6.12. The van der Waals surface area contributed by atoms with Crippen LogP contribution in [-0.2, 0) is 0 Å². The molecule has 0 aliphatic carbocycles. The number of aryl methyl sites for hydroxylation is 3. The molecule has 0 saturated heterocycles. The Hall–Kier alpha value is -3.25. The average molecular weight is 391 g/mol. The minimum absolute atomic E-state index is 0.416. The second-order valence-electron chi connectivity index (χ2n) is 6.64. The van der Waals surface area contributed by atoms with Crippen molar-refractivity contribution in [1.29, 1.82) is 0 Å². The summed E-state index contributed by atoms with van der Waals surface area (Å²) in [6.07, 6.45) is 3.24. The first kappa shape index (κ1) is 18.1. The maximum Gasteiger partial charge on any atom is 0.231 e. The molecule has 7 heteroatoms. The standard InChI is InChI=1S/C21H19ClN6/c1-12-4-6-15(10-14(12)3)25-20-18-19(24-9-8-23-18)27-21(28-20)26-16-7-5-13(2)17(22)11-16/h4-11H,1-3H3,(H2,24,25,26,27,28). The second-order valence-corrected chi connectivity index (χ2v) is 7.04. The molecule has 140 valence electrons. The fourth-order valence-corrected chi connectivity index (χ4v) is 2.94. The van der Waals surface area contributed by atoms with Crippen LogP contribution in [0.15, 0.2) is 48.8 Å². The van der Waals surface area contributed by atoms with Gasteiger partial charge in [0.1, 0.15) is 0 Å². The van der Waals surface area contributed by atoms with Gasteiger partial charge in [0.15, 0.2) is 17.0 Å². The van der Waals surface area contributed by atoms with Crippen molar-refractivity contribution < 1.29 is 0 Å². The molecule has 0 fully saturated rings. The molecular weight excluding hydrogens is 372 g/mol. The smallest absolute Gasteiger partial charge is 0.231 e. The third-order valence-corrected chi connectivity index (χ3v) is 4.94. The van der Waals surface area contributed by atoms with Crippen LogP contribution >= 0.6 is 11.6 Å². The molecule has 2 heterocycles. The fourth-order valence-electron chi connectivity index (χ4n) is 2.76. The minimum atomic E-state index is 0.416. The molecule has 0 aliphatic heterocycles. The quantitative estimate of drug-likeness (QED) is 0.480. The second kappa shape index (κ2) is 7.40. The van der Waals surface area contributed by atoms with Gasteiger partial charge in [-0.2, -0.15) is 9.97 Å². The Morgan fingerprint density at radius 2 is 1.46 bits per heavy atom. The van der Waals surface area contributed by atoms with Crippen LogP contribution in [0.25, 0.3) is 11.2 Å². The molecular formula is C21H19ClN6. The SMILES string of the molecule is Cc1ccc(Nc2nc(Nc3ccc(C)c(Cl)c3)nc3nccnc23)cc1C. The maximum atomic E-state index is 6.23. The normalized spacial score (nSPS) is 10.9. The zero-order valence-electron chi connectivity index (χ0n) is 15.8. The van der Waals surface area contributed by atoms with Crippen LogP contribution in [0.5, 0.6) is 0 Å². The molecule has 0 atom stereocenters. The van der Waals surface area contributed by atoms with Gasteiger partial charge in [0.05, 0.1) is 0 Å². The van der Waals surface area contributed by atoms with E-state index in [0.29, 0.717) is 28.0 Å². The van der Waals surface area contributed by atoms with Crippen LogP contribution in [0.1, 0.15) is 16.7 Å². The Balaban J connectivity index is 1.74. The highest BCUT2D eigenvalue weighted by Gasteiger charge is 2.11. The van der Waals surface area contributed by atoms with Crippen molar-refractivity contribution in [2.75, 3.05) is 10.6 Å². The zero-order valence-corrected chi connectivity index (χ0v) is 16.5. The summed E-state index contributed by atoms with van der Waals surface area (Å²) in [4.78, 5) is 17.8. The Morgan fingerprint density at radius 1 is 0.750 bits per heavy atom. The van der Waals surface area contributed by atoms with Gasteiger partial charge in [0.25, 0.3) is 0 Å². The van der Waals surface area contributed by atoms with Crippen molar-refractivity contribution in [3.8, 4) is 0 Å². The number of anilines is 4. The van der Waals surface area contributed by atoms with Crippen molar-refractivity contribution in [3.05, 3.63) is 70.5 Å². The predicted molar refractivity (Wildman–Crippen MR) is 114 cm³/mol. The van der Waals surface area contributed by atoms with Crippen molar-refractivity contribution in [2.45, 2.75) is 20.8 Å². The van der Waals surface area contributed by atoms with Crippen molar-refractivity contribution in [2.24, 2.45) is 0 Å². The van der Waals surface area contributed by atoms with Crippen molar-refractivity contribution >= 4 is 45.9 Å². The van der Waals surface area contributed by atoms with Gasteiger partial charge < -0.3 is 10.6 Å². The van der Waals surface area contributed by atoms with Gasteiger partial charge in [0.2, 0.25) is 5.95 Å². The third-order valence-electron chi connectivity index (χ3n) is 4.53. The van der Waals surface area contributed by atoms with Crippen molar-refractivity contribution in [3.63, 3.8) is 0 Å². The molecule has 28 heavy (non-hydrogen) atoms. The third kappa shape index (κ3) is 3.73. The Labute approximate surface area is 168 Å². The number of rotatable bonds is 4. The number of nitrogens with one attached hydrogen (secondary N) is 2. The van der Waals surface area contributed by atoms with Gasteiger partial charge in [-0.3, -0.25) is 0 Å². The largest absolute Gasteiger partial charge is 0.338 e. The summed E-state index contributed by atoms with van der Waals surface area (Å²) in [5, 5.41) is 7.22. The van der Waals surface area contributed by atoms with E-state index in [0.717, 1.165) is 16.9 Å². The molecule has 0 amide bonds. The lowest BCUT2D eigenvalue weighted by molar-refractivity contribution is 1.15. The molecule has 0 radical (unpaired) electrons. The van der Waals surface area contributed by atoms with Gasteiger partial charge >= 0.3 is 0 Å². The van der Waals surface area contributed by atoms with Crippen LogP contribution in [0.2, 0.25) is 5.02 Å². The Bertz CT molecular complexity index is 1170. The molecule has 4 aromatic rings. The summed E-state index contributed by atoms with van der Waals surface area (Å²) in [7, 11) is 0. The summed E-state index contributed by atoms with van der Waals surface area (Å²) in [6, 6.07) is 11.9. The average Bonchev–Trinajstić information content (AvgIpc) is 2.68. The number of hydrogen-bond acceptors (Lipinski definition) is 6. The van der Waals surface area contributed by atoms with Gasteiger partial charge in [-0.15, -0.1) is 0 Å². The molecule has 6 nitrogen and oxygen atoms in total. The van der Waals surface area contributed by atoms with E-state index in [1.165, 1.54) is 11.1 Å². The number of halogens is 1. The number of nitrogens with zero attached hydrogens (tertiary/aromatic N) is 4. The summed E-state index contributed by atoms with van der Waals surface area (Å²) < 4.78 is 0. The maximum absolute atomic E-state index is 6.23. The molecule has 0 bridgehead atoms. The summed E-state index contributed by atoms with van der Waals surface area (Å²) >= 11 is 6.23. The molecule has 2 N–H and O–H groups in total. The van der Waals surface area contributed by atoms with Gasteiger partial charge in [-0.25, -0.2) is 9.97 Å². The Kier molecular flexibility index (Phi) is 4.79. The van der Waals surface area contributed by atoms with Crippen LogP contribution in [0.4, 0.5) is 23.1 Å². The lowest BCUT2D eigenvalue weighted by Gasteiger charge is -2.12. The van der Waals surface area contributed by atoms with E-state index in [1.54, 1.807) is 12.4 Å². The molecule has 0 saturated carbocycles. The van der Waals surface area contributed by atoms with E-state index >= 15 is 0 Å².